The standard InChI is InChI=1S/C14H11N2O2S2/c17-16(18)12-7-3-1-5-10(12)9-19-14-15-11-6-2-4-8-13(11)20-14/h1-8,17H,9H2/q-1. The van der Waals surface area contributed by atoms with Crippen molar-refractivity contribution in [2.75, 3.05) is 5.23 Å². The number of rotatable bonds is 4. The van der Waals surface area contributed by atoms with Gasteiger partial charge in [-0.2, -0.15) is 0 Å². The lowest BCUT2D eigenvalue weighted by Crippen LogP contribution is -2.09. The normalized spacial score (nSPS) is 10.9. The van der Waals surface area contributed by atoms with Gasteiger partial charge in [-0.15, -0.1) is 11.3 Å². The molecule has 102 valence electrons. The van der Waals surface area contributed by atoms with E-state index in [-0.39, 0.29) is 10.9 Å². The van der Waals surface area contributed by atoms with Gasteiger partial charge in [0.1, 0.15) is 0 Å². The lowest BCUT2D eigenvalue weighted by Gasteiger charge is -2.24. The molecule has 0 amide bonds. The molecule has 1 aromatic heterocycles. The first-order valence-corrected chi connectivity index (χ1v) is 7.76. The number of thioether (sulfide) groups is 1. The third-order valence-electron chi connectivity index (χ3n) is 2.82. The second-order valence-corrected chi connectivity index (χ2v) is 6.39. The van der Waals surface area contributed by atoms with Gasteiger partial charge in [0, 0.05) is 5.75 Å². The van der Waals surface area contributed by atoms with Gasteiger partial charge in [0.2, 0.25) is 0 Å². The Morgan fingerprint density at radius 1 is 1.15 bits per heavy atom. The van der Waals surface area contributed by atoms with Crippen molar-refractivity contribution in [3.05, 3.63) is 59.3 Å². The summed E-state index contributed by atoms with van der Waals surface area (Å²) >= 11 is 3.19. The number of thiazole rings is 1. The Hall–Kier alpha value is -1.60. The van der Waals surface area contributed by atoms with Gasteiger partial charge in [-0.3, -0.25) is 5.21 Å². The fourth-order valence-corrected chi connectivity index (χ4v) is 3.94. The molecule has 0 unspecified atom stereocenters. The number of fused-ring (bicyclic) bond motifs is 1. The monoisotopic (exact) mass is 303 g/mol. The van der Waals surface area contributed by atoms with Crippen LogP contribution in [0, 0.1) is 5.21 Å². The van der Waals surface area contributed by atoms with Crippen LogP contribution in [0.4, 0.5) is 5.69 Å². The first-order valence-electron chi connectivity index (χ1n) is 5.96. The highest BCUT2D eigenvalue weighted by Gasteiger charge is 2.07. The molecule has 0 saturated heterocycles. The smallest absolute Gasteiger partial charge is 0.151 e. The largest absolute Gasteiger partial charge is 0.733 e. The average molecular weight is 303 g/mol. The summed E-state index contributed by atoms with van der Waals surface area (Å²) in [6.07, 6.45) is 0. The zero-order chi connectivity index (χ0) is 13.9. The van der Waals surface area contributed by atoms with Gasteiger partial charge < -0.3 is 10.4 Å². The van der Waals surface area contributed by atoms with E-state index in [0.29, 0.717) is 5.75 Å². The molecule has 0 atom stereocenters. The highest BCUT2D eigenvalue weighted by molar-refractivity contribution is 8.00. The summed E-state index contributed by atoms with van der Waals surface area (Å²) in [6, 6.07) is 15.0. The van der Waals surface area contributed by atoms with E-state index in [1.165, 1.54) is 0 Å². The summed E-state index contributed by atoms with van der Waals surface area (Å²) < 4.78 is 2.10. The van der Waals surface area contributed by atoms with E-state index in [9.17, 15) is 5.21 Å². The van der Waals surface area contributed by atoms with Gasteiger partial charge in [-0.1, -0.05) is 42.1 Å². The van der Waals surface area contributed by atoms with Crippen LogP contribution in [0.3, 0.4) is 0 Å². The molecular formula is C14H11N2O2S2-. The third-order valence-corrected chi connectivity index (χ3v) is 5.05. The van der Waals surface area contributed by atoms with Crippen molar-refractivity contribution in [2.45, 2.75) is 10.1 Å². The van der Waals surface area contributed by atoms with E-state index in [1.807, 2.05) is 36.4 Å². The molecule has 0 aliphatic heterocycles. The fraction of sp³-hybridized carbons (Fsp3) is 0.0714. The number of anilines is 1. The molecule has 20 heavy (non-hydrogen) atoms. The van der Waals surface area contributed by atoms with E-state index in [4.69, 9.17) is 5.21 Å². The molecule has 1 heterocycles. The fourth-order valence-electron chi connectivity index (χ4n) is 1.87. The highest BCUT2D eigenvalue weighted by Crippen LogP contribution is 2.33. The average Bonchev–Trinajstić information content (AvgIpc) is 2.88. The zero-order valence-electron chi connectivity index (χ0n) is 10.4. The molecule has 6 heteroatoms. The number of aromatic nitrogens is 1. The van der Waals surface area contributed by atoms with Crippen molar-refractivity contribution >= 4 is 39.0 Å². The molecule has 0 radical (unpaired) electrons. The van der Waals surface area contributed by atoms with Crippen LogP contribution in [-0.4, -0.2) is 10.2 Å². The number of benzene rings is 2. The molecule has 2 aromatic carbocycles. The Bertz CT molecular complexity index is 695. The van der Waals surface area contributed by atoms with E-state index in [1.54, 1.807) is 35.2 Å². The van der Waals surface area contributed by atoms with Gasteiger partial charge in [0.15, 0.2) is 4.34 Å². The second kappa shape index (κ2) is 5.80. The molecule has 0 fully saturated rings. The highest BCUT2D eigenvalue weighted by atomic mass is 32.2. The predicted molar refractivity (Wildman–Crippen MR) is 83.3 cm³/mol. The quantitative estimate of drug-likeness (QED) is 0.576. The lowest BCUT2D eigenvalue weighted by molar-refractivity contribution is 0.296. The minimum absolute atomic E-state index is 0.0890. The number of nitrogens with zero attached hydrogens (tertiary/aromatic N) is 2. The molecule has 0 spiro atoms. The first kappa shape index (κ1) is 13.4. The van der Waals surface area contributed by atoms with Crippen molar-refractivity contribution in [2.24, 2.45) is 0 Å². The summed E-state index contributed by atoms with van der Waals surface area (Å²) in [5, 5.41) is 20.1. The van der Waals surface area contributed by atoms with Crippen LogP contribution in [0.25, 0.3) is 10.2 Å². The molecule has 0 bridgehead atoms. The molecule has 1 N–H and O–H groups in total. The SMILES string of the molecule is [O-]N(O)c1ccccc1CSc1nc2ccccc2s1. The molecule has 4 nitrogen and oxygen atoms in total. The molecular weight excluding hydrogens is 292 g/mol. The Labute approximate surface area is 124 Å². The van der Waals surface area contributed by atoms with Crippen molar-refractivity contribution in [3.8, 4) is 0 Å². The Balaban J connectivity index is 1.79. The minimum atomic E-state index is -0.0890. The second-order valence-electron chi connectivity index (χ2n) is 4.14. The third kappa shape index (κ3) is 2.78. The maximum atomic E-state index is 11.1. The predicted octanol–water partition coefficient (Wildman–Crippen LogP) is 4.28. The van der Waals surface area contributed by atoms with Gasteiger partial charge in [0.05, 0.1) is 15.9 Å². The summed E-state index contributed by atoms with van der Waals surface area (Å²) in [5.41, 5.74) is 2.05. The lowest BCUT2D eigenvalue weighted by atomic mass is 10.2. The van der Waals surface area contributed by atoms with E-state index >= 15 is 0 Å². The molecule has 3 aromatic rings. The van der Waals surface area contributed by atoms with Crippen LogP contribution >= 0.6 is 23.1 Å². The van der Waals surface area contributed by atoms with E-state index in [2.05, 4.69) is 4.98 Å². The zero-order valence-corrected chi connectivity index (χ0v) is 12.0. The summed E-state index contributed by atoms with van der Waals surface area (Å²) in [5.74, 6) is 0.593. The summed E-state index contributed by atoms with van der Waals surface area (Å²) in [6.45, 7) is 0. The maximum Gasteiger partial charge on any atom is 0.151 e. The van der Waals surface area contributed by atoms with Crippen LogP contribution < -0.4 is 5.23 Å². The van der Waals surface area contributed by atoms with Crippen molar-refractivity contribution in [1.29, 1.82) is 0 Å². The van der Waals surface area contributed by atoms with Gasteiger partial charge in [-0.05, 0) is 23.8 Å². The molecule has 0 saturated carbocycles. The Kier molecular flexibility index (Phi) is 3.88. The Morgan fingerprint density at radius 2 is 1.90 bits per heavy atom. The van der Waals surface area contributed by atoms with Gasteiger partial charge in [-0.25, -0.2) is 4.98 Å². The summed E-state index contributed by atoms with van der Waals surface area (Å²) in [4.78, 5) is 4.53. The minimum Gasteiger partial charge on any atom is -0.733 e. The molecule has 3 rings (SSSR count). The molecule has 0 aliphatic rings. The van der Waals surface area contributed by atoms with Crippen molar-refractivity contribution in [1.82, 2.24) is 4.98 Å². The van der Waals surface area contributed by atoms with Crippen LogP contribution in [0.1, 0.15) is 5.56 Å². The van der Waals surface area contributed by atoms with Crippen LogP contribution in [0.15, 0.2) is 52.9 Å². The maximum absolute atomic E-state index is 11.1. The summed E-state index contributed by atoms with van der Waals surface area (Å²) in [7, 11) is 0. The number of hydrogen-bond donors (Lipinski definition) is 1. The van der Waals surface area contributed by atoms with Gasteiger partial charge in [0.25, 0.3) is 0 Å². The first-order chi connectivity index (χ1) is 9.74. The van der Waals surface area contributed by atoms with Crippen LogP contribution in [-0.2, 0) is 5.75 Å². The van der Waals surface area contributed by atoms with E-state index < -0.39 is 0 Å². The van der Waals surface area contributed by atoms with E-state index in [0.717, 1.165) is 20.1 Å². The number of hydrogen-bond acceptors (Lipinski definition) is 6. The molecule has 0 aliphatic carbocycles. The topological polar surface area (TPSA) is 59.4 Å². The number of para-hydroxylation sites is 2. The van der Waals surface area contributed by atoms with Crippen LogP contribution in [0.5, 0.6) is 0 Å². The van der Waals surface area contributed by atoms with Crippen LogP contribution in [0.2, 0.25) is 0 Å². The van der Waals surface area contributed by atoms with Crippen molar-refractivity contribution in [3.63, 3.8) is 0 Å². The Morgan fingerprint density at radius 3 is 2.70 bits per heavy atom. The van der Waals surface area contributed by atoms with Crippen molar-refractivity contribution < 1.29 is 5.21 Å². The van der Waals surface area contributed by atoms with Gasteiger partial charge >= 0.3 is 0 Å².